The topological polar surface area (TPSA) is 64.6 Å². The number of ether oxygens (including phenoxy) is 2. The minimum Gasteiger partial charge on any atom is -0.480 e. The lowest BCUT2D eigenvalue weighted by atomic mass is 10.2. The minimum atomic E-state index is -0.644. The highest BCUT2D eigenvalue weighted by Gasteiger charge is 2.12. The number of nitrogens with one attached hydrogen (secondary N) is 1. The Morgan fingerprint density at radius 3 is 2.13 bits per heavy atom. The molecule has 0 fully saturated rings. The number of hydrogen-bond donors (Lipinski definition) is 1. The first kappa shape index (κ1) is 22.2. The molecular weight excluding hydrogens is 472 g/mol. The molecule has 0 spiro atoms. The second-order valence-electron chi connectivity index (χ2n) is 5.94. The van der Waals surface area contributed by atoms with E-state index in [0.717, 1.165) is 0 Å². The molecule has 0 heterocycles. The van der Waals surface area contributed by atoms with Crippen LogP contribution in [0.2, 0.25) is 20.1 Å². The van der Waals surface area contributed by atoms with Crippen LogP contribution in [0.1, 0.15) is 10.4 Å². The van der Waals surface area contributed by atoms with Crippen molar-refractivity contribution in [2.75, 3.05) is 11.9 Å². The van der Waals surface area contributed by atoms with Crippen LogP contribution in [0.15, 0.2) is 60.7 Å². The van der Waals surface area contributed by atoms with Crippen LogP contribution in [-0.4, -0.2) is 18.5 Å². The van der Waals surface area contributed by atoms with Gasteiger partial charge in [0.05, 0.1) is 15.7 Å². The largest absolute Gasteiger partial charge is 0.480 e. The lowest BCUT2D eigenvalue weighted by molar-refractivity contribution is -0.136. The molecule has 30 heavy (non-hydrogen) atoms. The molecule has 0 aliphatic carbocycles. The summed E-state index contributed by atoms with van der Waals surface area (Å²) in [4.78, 5) is 24.3. The summed E-state index contributed by atoms with van der Waals surface area (Å²) in [6.07, 6.45) is 0. The molecule has 0 saturated carbocycles. The van der Waals surface area contributed by atoms with Crippen LogP contribution in [0.3, 0.4) is 0 Å². The minimum absolute atomic E-state index is 0.248. The highest BCUT2D eigenvalue weighted by atomic mass is 35.5. The Balaban J connectivity index is 1.57. The monoisotopic (exact) mass is 483 g/mol. The molecule has 5 nitrogen and oxygen atoms in total. The van der Waals surface area contributed by atoms with Crippen molar-refractivity contribution in [1.29, 1.82) is 0 Å². The highest BCUT2D eigenvalue weighted by molar-refractivity contribution is 6.36. The molecule has 1 amide bonds. The Hall–Kier alpha value is -2.44. The van der Waals surface area contributed by atoms with Crippen molar-refractivity contribution in [2.45, 2.75) is 0 Å². The van der Waals surface area contributed by atoms with Crippen LogP contribution in [0.25, 0.3) is 0 Å². The summed E-state index contributed by atoms with van der Waals surface area (Å²) < 4.78 is 10.5. The van der Waals surface area contributed by atoms with Gasteiger partial charge < -0.3 is 14.8 Å². The average Bonchev–Trinajstić information content (AvgIpc) is 2.72. The van der Waals surface area contributed by atoms with E-state index in [1.165, 1.54) is 30.3 Å². The van der Waals surface area contributed by atoms with Gasteiger partial charge in [0.1, 0.15) is 11.5 Å². The van der Waals surface area contributed by atoms with Crippen molar-refractivity contribution in [3.63, 3.8) is 0 Å². The van der Waals surface area contributed by atoms with E-state index in [1.54, 1.807) is 30.3 Å². The third-order valence-corrected chi connectivity index (χ3v) is 4.88. The van der Waals surface area contributed by atoms with Crippen LogP contribution < -0.4 is 14.8 Å². The standard InChI is InChI=1S/C21H13Cl4NO4/c22-13-3-7-16(24)18(9-13)26-21(28)12-1-5-15(6-2-12)30-20(27)11-29-19-10-14(23)4-8-17(19)25/h1-10H,11H2,(H,26,28). The Morgan fingerprint density at radius 2 is 1.43 bits per heavy atom. The molecule has 0 aromatic heterocycles. The first-order valence-corrected chi connectivity index (χ1v) is 9.98. The molecule has 1 N–H and O–H groups in total. The molecule has 3 aromatic carbocycles. The van der Waals surface area contributed by atoms with Gasteiger partial charge in [0, 0.05) is 21.7 Å². The molecule has 154 valence electrons. The quantitative estimate of drug-likeness (QED) is 0.318. The Morgan fingerprint density at radius 1 is 0.800 bits per heavy atom. The maximum absolute atomic E-state index is 12.4. The number of anilines is 1. The van der Waals surface area contributed by atoms with Crippen LogP contribution >= 0.6 is 46.4 Å². The molecule has 0 atom stereocenters. The number of halogens is 4. The SMILES string of the molecule is O=C(COc1cc(Cl)ccc1Cl)Oc1ccc(C(=O)Nc2cc(Cl)ccc2Cl)cc1. The third kappa shape index (κ3) is 6.03. The van der Waals surface area contributed by atoms with Gasteiger partial charge in [-0.05, 0) is 54.6 Å². The Bertz CT molecular complexity index is 1090. The molecule has 9 heteroatoms. The number of carbonyl (C=O) groups excluding carboxylic acids is 2. The molecule has 0 aliphatic rings. The molecule has 0 unspecified atom stereocenters. The number of rotatable bonds is 6. The van der Waals surface area contributed by atoms with E-state index in [1.807, 2.05) is 0 Å². The summed E-state index contributed by atoms with van der Waals surface area (Å²) in [6, 6.07) is 15.4. The van der Waals surface area contributed by atoms with Crippen molar-refractivity contribution in [3.8, 4) is 11.5 Å². The second kappa shape index (κ2) is 10.0. The van der Waals surface area contributed by atoms with Crippen molar-refractivity contribution < 1.29 is 19.1 Å². The number of benzene rings is 3. The number of carbonyl (C=O) groups is 2. The van der Waals surface area contributed by atoms with Crippen molar-refractivity contribution >= 4 is 64.0 Å². The van der Waals surface area contributed by atoms with Gasteiger partial charge in [0.2, 0.25) is 0 Å². The molecule has 0 aliphatic heterocycles. The van der Waals surface area contributed by atoms with E-state index >= 15 is 0 Å². The predicted molar refractivity (Wildman–Crippen MR) is 118 cm³/mol. The van der Waals surface area contributed by atoms with Gasteiger partial charge >= 0.3 is 5.97 Å². The van der Waals surface area contributed by atoms with Gasteiger partial charge in [-0.25, -0.2) is 4.79 Å². The fourth-order valence-corrected chi connectivity index (χ4v) is 3.02. The predicted octanol–water partition coefficient (Wildman–Crippen LogP) is 6.54. The molecular formula is C21H13Cl4NO4. The van der Waals surface area contributed by atoms with Crippen molar-refractivity contribution in [2.24, 2.45) is 0 Å². The van der Waals surface area contributed by atoms with Gasteiger partial charge in [-0.2, -0.15) is 0 Å². The van der Waals surface area contributed by atoms with Crippen molar-refractivity contribution in [3.05, 3.63) is 86.3 Å². The van der Waals surface area contributed by atoms with E-state index in [-0.39, 0.29) is 18.1 Å². The van der Waals surface area contributed by atoms with Gasteiger partial charge in [0.25, 0.3) is 5.91 Å². The summed E-state index contributed by atoms with van der Waals surface area (Å²) in [6.45, 7) is -0.366. The highest BCUT2D eigenvalue weighted by Crippen LogP contribution is 2.28. The average molecular weight is 485 g/mol. The van der Waals surface area contributed by atoms with Gasteiger partial charge in [0.15, 0.2) is 6.61 Å². The van der Waals surface area contributed by atoms with Crippen molar-refractivity contribution in [1.82, 2.24) is 0 Å². The van der Waals surface area contributed by atoms with E-state index in [0.29, 0.717) is 31.3 Å². The smallest absolute Gasteiger partial charge is 0.349 e. The summed E-state index contributed by atoms with van der Waals surface area (Å²) in [7, 11) is 0. The van der Waals surface area contributed by atoms with Gasteiger partial charge in [-0.15, -0.1) is 0 Å². The number of esters is 1. The lowest BCUT2D eigenvalue weighted by Gasteiger charge is -2.10. The second-order valence-corrected chi connectivity index (χ2v) is 7.63. The molecule has 3 aromatic rings. The third-order valence-electron chi connectivity index (χ3n) is 3.76. The van der Waals surface area contributed by atoms with Gasteiger partial charge in [-0.1, -0.05) is 46.4 Å². The van der Waals surface area contributed by atoms with E-state index in [4.69, 9.17) is 55.9 Å². The van der Waals surface area contributed by atoms with E-state index < -0.39 is 11.9 Å². The maximum atomic E-state index is 12.4. The zero-order valence-corrected chi connectivity index (χ0v) is 18.1. The van der Waals surface area contributed by atoms with Gasteiger partial charge in [-0.3, -0.25) is 4.79 Å². The van der Waals surface area contributed by atoms with E-state index in [2.05, 4.69) is 5.32 Å². The molecule has 0 saturated heterocycles. The number of hydrogen-bond acceptors (Lipinski definition) is 4. The van der Waals surface area contributed by atoms with Crippen LogP contribution in [0.5, 0.6) is 11.5 Å². The summed E-state index contributed by atoms with van der Waals surface area (Å²) in [5, 5.41) is 4.22. The summed E-state index contributed by atoms with van der Waals surface area (Å²) in [5.41, 5.74) is 0.731. The van der Waals surface area contributed by atoms with Crippen LogP contribution in [0.4, 0.5) is 5.69 Å². The Kier molecular flexibility index (Phi) is 7.45. The zero-order chi connectivity index (χ0) is 21.7. The maximum Gasteiger partial charge on any atom is 0.349 e. The van der Waals surface area contributed by atoms with Crippen LogP contribution in [0, 0.1) is 0 Å². The fourth-order valence-electron chi connectivity index (χ4n) is 2.35. The Labute approximate surface area is 192 Å². The summed E-state index contributed by atoms with van der Waals surface area (Å²) >= 11 is 23.8. The summed E-state index contributed by atoms with van der Waals surface area (Å²) in [5.74, 6) is -0.518. The molecule has 0 bridgehead atoms. The van der Waals surface area contributed by atoms with E-state index in [9.17, 15) is 9.59 Å². The fraction of sp³-hybridized carbons (Fsp3) is 0.0476. The molecule has 0 radical (unpaired) electrons. The normalized spacial score (nSPS) is 10.4. The number of amides is 1. The molecule has 3 rings (SSSR count). The first-order chi connectivity index (χ1) is 14.3. The lowest BCUT2D eigenvalue weighted by Crippen LogP contribution is -2.18. The van der Waals surface area contributed by atoms with Crippen LogP contribution in [-0.2, 0) is 4.79 Å². The first-order valence-electron chi connectivity index (χ1n) is 8.47. The zero-order valence-electron chi connectivity index (χ0n) is 15.1.